The van der Waals surface area contributed by atoms with Gasteiger partial charge in [-0.25, -0.2) is 22.0 Å². The second kappa shape index (κ2) is 7.01. The third-order valence-corrected chi connectivity index (χ3v) is 4.45. The van der Waals surface area contributed by atoms with Crippen LogP contribution in [-0.2, 0) is 5.75 Å². The minimum atomic E-state index is -2.19. The predicted octanol–water partition coefficient (Wildman–Crippen LogP) is 4.91. The molecule has 1 aromatic heterocycles. The molecule has 130 valence electrons. The van der Waals surface area contributed by atoms with E-state index in [4.69, 9.17) is 11.6 Å². The molecule has 10 heteroatoms. The third kappa shape index (κ3) is 3.34. The molecule has 0 bridgehead atoms. The van der Waals surface area contributed by atoms with E-state index in [2.05, 4.69) is 10.2 Å². The molecule has 3 nitrogen and oxygen atoms in total. The number of nitrogens with zero attached hydrogens (tertiary/aromatic N) is 3. The molecule has 0 atom stereocenters. The van der Waals surface area contributed by atoms with Crippen LogP contribution in [0.25, 0.3) is 5.69 Å². The zero-order valence-corrected chi connectivity index (χ0v) is 13.7. The molecular formula is C15H7ClF5N3S. The molecule has 0 unspecified atom stereocenters. The summed E-state index contributed by atoms with van der Waals surface area (Å²) in [7, 11) is 0. The van der Waals surface area contributed by atoms with Crippen LogP contribution in [0.4, 0.5) is 22.0 Å². The summed E-state index contributed by atoms with van der Waals surface area (Å²) in [5, 5.41) is 8.12. The highest BCUT2D eigenvalue weighted by Crippen LogP contribution is 2.30. The lowest BCUT2D eigenvalue weighted by molar-refractivity contribution is 0.372. The van der Waals surface area contributed by atoms with E-state index in [1.165, 1.54) is 10.9 Å². The second-order valence-corrected chi connectivity index (χ2v) is 6.18. The molecular weight excluding hydrogens is 385 g/mol. The van der Waals surface area contributed by atoms with Crippen LogP contribution < -0.4 is 0 Å². The Morgan fingerprint density at radius 2 is 1.60 bits per heavy atom. The van der Waals surface area contributed by atoms with Gasteiger partial charge in [-0.15, -0.1) is 10.2 Å². The van der Waals surface area contributed by atoms with Gasteiger partial charge in [0.05, 0.1) is 5.69 Å². The van der Waals surface area contributed by atoms with Crippen molar-refractivity contribution in [2.45, 2.75) is 10.9 Å². The number of halogens is 6. The van der Waals surface area contributed by atoms with Gasteiger partial charge in [0.15, 0.2) is 28.4 Å². The highest BCUT2D eigenvalue weighted by Gasteiger charge is 2.26. The maximum Gasteiger partial charge on any atom is 0.200 e. The monoisotopic (exact) mass is 391 g/mol. The Balaban J connectivity index is 1.91. The number of rotatable bonds is 4. The van der Waals surface area contributed by atoms with Crippen molar-refractivity contribution in [3.05, 3.63) is 70.3 Å². The van der Waals surface area contributed by atoms with E-state index >= 15 is 0 Å². The van der Waals surface area contributed by atoms with E-state index < -0.39 is 40.4 Å². The quantitative estimate of drug-likeness (QED) is 0.274. The van der Waals surface area contributed by atoms with Crippen molar-refractivity contribution < 1.29 is 22.0 Å². The summed E-state index contributed by atoms with van der Waals surface area (Å²) >= 11 is 6.67. The third-order valence-electron chi connectivity index (χ3n) is 3.25. The number of hydrogen-bond donors (Lipinski definition) is 0. The fourth-order valence-electron chi connectivity index (χ4n) is 2.04. The molecule has 0 aliphatic heterocycles. The van der Waals surface area contributed by atoms with Crippen LogP contribution in [0.2, 0.25) is 5.02 Å². The Labute approximate surface area is 147 Å². The summed E-state index contributed by atoms with van der Waals surface area (Å²) in [5.41, 5.74) is -0.348. The van der Waals surface area contributed by atoms with Gasteiger partial charge < -0.3 is 0 Å². The summed E-state index contributed by atoms with van der Waals surface area (Å²) in [4.78, 5) is 0. The lowest BCUT2D eigenvalue weighted by Gasteiger charge is -2.09. The van der Waals surface area contributed by atoms with Gasteiger partial charge in [0, 0.05) is 16.3 Å². The molecule has 0 amide bonds. The second-order valence-electron chi connectivity index (χ2n) is 4.80. The SMILES string of the molecule is Fc1c(F)c(F)c(CSc2nncn2-c2cccc(Cl)c2)c(F)c1F. The maximum atomic E-state index is 13.7. The lowest BCUT2D eigenvalue weighted by Crippen LogP contribution is -2.06. The van der Waals surface area contributed by atoms with Crippen LogP contribution in [0, 0.1) is 29.1 Å². The molecule has 0 aliphatic carbocycles. The maximum absolute atomic E-state index is 13.7. The molecule has 25 heavy (non-hydrogen) atoms. The Hall–Kier alpha value is -2.13. The largest absolute Gasteiger partial charge is 0.277 e. The fourth-order valence-corrected chi connectivity index (χ4v) is 3.15. The van der Waals surface area contributed by atoms with Crippen LogP contribution in [0.1, 0.15) is 5.56 Å². The highest BCUT2D eigenvalue weighted by atomic mass is 35.5. The van der Waals surface area contributed by atoms with Gasteiger partial charge in [-0.2, -0.15) is 0 Å². The van der Waals surface area contributed by atoms with E-state index in [-0.39, 0.29) is 5.16 Å². The molecule has 0 radical (unpaired) electrons. The minimum absolute atomic E-state index is 0.200. The van der Waals surface area contributed by atoms with E-state index in [1.807, 2.05) is 0 Å². The molecule has 3 aromatic rings. The highest BCUT2D eigenvalue weighted by molar-refractivity contribution is 7.98. The number of benzene rings is 2. The van der Waals surface area contributed by atoms with Crippen LogP contribution in [-0.4, -0.2) is 14.8 Å². The topological polar surface area (TPSA) is 30.7 Å². The molecule has 0 N–H and O–H groups in total. The summed E-state index contributed by atoms with van der Waals surface area (Å²) < 4.78 is 68.4. The van der Waals surface area contributed by atoms with Crippen LogP contribution in [0.15, 0.2) is 35.7 Å². The van der Waals surface area contributed by atoms with E-state index in [9.17, 15) is 22.0 Å². The standard InChI is InChI=1S/C15H7ClF5N3S/c16-7-2-1-3-8(4-7)24-6-22-23-15(24)25-5-9-10(17)12(19)14(21)13(20)11(9)18/h1-4,6H,5H2. The first-order chi connectivity index (χ1) is 11.9. The van der Waals surface area contributed by atoms with Gasteiger partial charge in [0.1, 0.15) is 6.33 Å². The van der Waals surface area contributed by atoms with Gasteiger partial charge in [-0.05, 0) is 18.2 Å². The van der Waals surface area contributed by atoms with Crippen molar-refractivity contribution >= 4 is 23.4 Å². The molecule has 2 aromatic carbocycles. The zero-order chi connectivity index (χ0) is 18.1. The number of thioether (sulfide) groups is 1. The number of hydrogen-bond acceptors (Lipinski definition) is 3. The van der Waals surface area contributed by atoms with Crippen molar-refractivity contribution in [1.82, 2.24) is 14.8 Å². The first-order valence-corrected chi connectivity index (χ1v) is 8.05. The molecule has 0 saturated heterocycles. The molecule has 3 rings (SSSR count). The van der Waals surface area contributed by atoms with E-state index in [0.717, 1.165) is 11.8 Å². The molecule has 0 fully saturated rings. The summed E-state index contributed by atoms with van der Waals surface area (Å²) in [5.74, 6) is -10.4. The normalized spacial score (nSPS) is 11.1. The van der Waals surface area contributed by atoms with Crippen LogP contribution in [0.3, 0.4) is 0 Å². The molecule has 0 spiro atoms. The smallest absolute Gasteiger partial charge is 0.200 e. The van der Waals surface area contributed by atoms with Gasteiger partial charge in [-0.3, -0.25) is 4.57 Å². The van der Waals surface area contributed by atoms with Crippen molar-refractivity contribution in [2.75, 3.05) is 0 Å². The number of aromatic nitrogens is 3. The zero-order valence-electron chi connectivity index (χ0n) is 12.1. The predicted molar refractivity (Wildman–Crippen MR) is 82.2 cm³/mol. The van der Waals surface area contributed by atoms with Crippen LogP contribution in [0.5, 0.6) is 0 Å². The van der Waals surface area contributed by atoms with Crippen molar-refractivity contribution in [3.63, 3.8) is 0 Å². The van der Waals surface area contributed by atoms with E-state index in [1.54, 1.807) is 24.3 Å². The molecule has 1 heterocycles. The summed E-state index contributed by atoms with van der Waals surface area (Å²) in [6.45, 7) is 0. The lowest BCUT2D eigenvalue weighted by atomic mass is 10.2. The van der Waals surface area contributed by atoms with Crippen LogP contribution >= 0.6 is 23.4 Å². The van der Waals surface area contributed by atoms with Gasteiger partial charge >= 0.3 is 0 Å². The van der Waals surface area contributed by atoms with Gasteiger partial charge in [0.2, 0.25) is 5.82 Å². The van der Waals surface area contributed by atoms with Gasteiger partial charge in [-0.1, -0.05) is 29.4 Å². The Bertz CT molecular complexity index is 918. The minimum Gasteiger partial charge on any atom is -0.277 e. The fraction of sp³-hybridized carbons (Fsp3) is 0.0667. The van der Waals surface area contributed by atoms with Crippen molar-refractivity contribution in [3.8, 4) is 5.69 Å². The Morgan fingerprint density at radius 3 is 2.24 bits per heavy atom. The average molecular weight is 392 g/mol. The van der Waals surface area contributed by atoms with E-state index in [0.29, 0.717) is 10.7 Å². The van der Waals surface area contributed by atoms with Gasteiger partial charge in [0.25, 0.3) is 0 Å². The Kier molecular flexibility index (Phi) is 4.96. The average Bonchev–Trinajstić information content (AvgIpc) is 3.07. The first-order valence-electron chi connectivity index (χ1n) is 6.69. The first kappa shape index (κ1) is 17.7. The van der Waals surface area contributed by atoms with Crippen molar-refractivity contribution in [1.29, 1.82) is 0 Å². The summed E-state index contributed by atoms with van der Waals surface area (Å²) in [6.07, 6.45) is 1.34. The van der Waals surface area contributed by atoms with Crippen molar-refractivity contribution in [2.24, 2.45) is 0 Å². The summed E-state index contributed by atoms with van der Waals surface area (Å²) in [6, 6.07) is 6.62. The molecule has 0 saturated carbocycles. The Morgan fingerprint density at radius 1 is 0.960 bits per heavy atom. The molecule has 0 aliphatic rings.